The number of anilines is 1. The predicted octanol–water partition coefficient (Wildman–Crippen LogP) is 3.53. The van der Waals surface area contributed by atoms with E-state index < -0.39 is 0 Å². The Hall–Kier alpha value is -1.32. The molecule has 19 heavy (non-hydrogen) atoms. The van der Waals surface area contributed by atoms with Crippen LogP contribution in [0.4, 0.5) is 5.69 Å². The molecule has 0 aliphatic carbocycles. The molecule has 0 saturated carbocycles. The van der Waals surface area contributed by atoms with Crippen molar-refractivity contribution in [2.45, 2.75) is 25.9 Å². The van der Waals surface area contributed by atoms with Gasteiger partial charge in [0.25, 0.3) is 0 Å². The van der Waals surface area contributed by atoms with Crippen LogP contribution in [-0.2, 0) is 13.0 Å². The monoisotopic (exact) mass is 274 g/mol. The van der Waals surface area contributed by atoms with E-state index in [4.69, 9.17) is 0 Å². The van der Waals surface area contributed by atoms with Gasteiger partial charge in [0.15, 0.2) is 0 Å². The average Bonchev–Trinajstić information content (AvgIpc) is 2.89. The number of hydrogen-bond acceptors (Lipinski definition) is 3. The summed E-state index contributed by atoms with van der Waals surface area (Å²) in [6.45, 7) is 3.17. The summed E-state index contributed by atoms with van der Waals surface area (Å²) in [4.78, 5) is 2.12. The van der Waals surface area contributed by atoms with Gasteiger partial charge in [0, 0.05) is 32.4 Å². The zero-order valence-electron chi connectivity index (χ0n) is 11.9. The number of nitrogens with one attached hydrogen (secondary N) is 1. The first-order chi connectivity index (χ1) is 9.15. The second kappa shape index (κ2) is 6.73. The van der Waals surface area contributed by atoms with Crippen LogP contribution in [0.1, 0.15) is 18.1 Å². The molecular weight excluding hydrogens is 252 g/mol. The highest BCUT2D eigenvalue weighted by Gasteiger charge is 2.04. The minimum Gasteiger partial charge on any atom is -0.378 e. The van der Waals surface area contributed by atoms with Crippen molar-refractivity contribution in [3.8, 4) is 0 Å². The quantitative estimate of drug-likeness (QED) is 0.867. The largest absolute Gasteiger partial charge is 0.378 e. The summed E-state index contributed by atoms with van der Waals surface area (Å²) in [7, 11) is 4.13. The van der Waals surface area contributed by atoms with E-state index in [-0.39, 0.29) is 0 Å². The summed E-state index contributed by atoms with van der Waals surface area (Å²) in [5.41, 5.74) is 4.01. The van der Waals surface area contributed by atoms with Crippen LogP contribution in [0, 0.1) is 0 Å². The Kier molecular flexibility index (Phi) is 5.00. The number of nitrogens with zero attached hydrogens (tertiary/aromatic N) is 1. The Morgan fingerprint density at radius 3 is 2.42 bits per heavy atom. The fraction of sp³-hybridized carbons (Fsp3) is 0.375. The van der Waals surface area contributed by atoms with Crippen LogP contribution in [0.25, 0.3) is 0 Å². The first kappa shape index (κ1) is 14.1. The predicted molar refractivity (Wildman–Crippen MR) is 85.1 cm³/mol. The molecule has 102 valence electrons. The zero-order chi connectivity index (χ0) is 13.7. The molecule has 0 spiro atoms. The average molecular weight is 274 g/mol. The van der Waals surface area contributed by atoms with Crippen molar-refractivity contribution < 1.29 is 0 Å². The topological polar surface area (TPSA) is 15.3 Å². The van der Waals surface area contributed by atoms with Gasteiger partial charge in [-0.2, -0.15) is 11.3 Å². The number of benzene rings is 1. The third-order valence-electron chi connectivity index (χ3n) is 3.23. The van der Waals surface area contributed by atoms with Gasteiger partial charge in [-0.3, -0.25) is 0 Å². The van der Waals surface area contributed by atoms with Gasteiger partial charge in [0.05, 0.1) is 0 Å². The van der Waals surface area contributed by atoms with Crippen molar-refractivity contribution in [1.29, 1.82) is 0 Å². The summed E-state index contributed by atoms with van der Waals surface area (Å²) in [5.74, 6) is 0. The van der Waals surface area contributed by atoms with Crippen molar-refractivity contribution in [3.63, 3.8) is 0 Å². The van der Waals surface area contributed by atoms with Gasteiger partial charge in [0.1, 0.15) is 0 Å². The fourth-order valence-corrected chi connectivity index (χ4v) is 2.72. The maximum atomic E-state index is 3.58. The molecule has 1 atom stereocenters. The highest BCUT2D eigenvalue weighted by atomic mass is 32.1. The Bertz CT molecular complexity index is 474. The van der Waals surface area contributed by atoms with Gasteiger partial charge in [-0.15, -0.1) is 0 Å². The lowest BCUT2D eigenvalue weighted by Crippen LogP contribution is -2.27. The molecule has 0 bridgehead atoms. The van der Waals surface area contributed by atoms with E-state index in [0.29, 0.717) is 6.04 Å². The zero-order valence-corrected chi connectivity index (χ0v) is 12.7. The minimum atomic E-state index is 0.503. The van der Waals surface area contributed by atoms with Crippen molar-refractivity contribution in [2.75, 3.05) is 19.0 Å². The molecule has 2 nitrogen and oxygen atoms in total. The molecule has 0 fully saturated rings. The molecule has 1 N–H and O–H groups in total. The van der Waals surface area contributed by atoms with Crippen LogP contribution < -0.4 is 10.2 Å². The molecule has 1 aromatic heterocycles. The molecule has 1 aromatic carbocycles. The maximum absolute atomic E-state index is 3.58. The van der Waals surface area contributed by atoms with Crippen molar-refractivity contribution in [1.82, 2.24) is 5.32 Å². The lowest BCUT2D eigenvalue weighted by molar-refractivity contribution is 0.546. The van der Waals surface area contributed by atoms with E-state index in [1.54, 1.807) is 11.3 Å². The van der Waals surface area contributed by atoms with E-state index in [9.17, 15) is 0 Å². The second-order valence-electron chi connectivity index (χ2n) is 5.18. The summed E-state index contributed by atoms with van der Waals surface area (Å²) in [6.07, 6.45) is 1.10. The van der Waals surface area contributed by atoms with Crippen molar-refractivity contribution in [2.24, 2.45) is 0 Å². The lowest BCUT2D eigenvalue weighted by Gasteiger charge is -2.15. The Labute approximate surface area is 120 Å². The van der Waals surface area contributed by atoms with Crippen LogP contribution in [-0.4, -0.2) is 20.1 Å². The summed E-state index contributed by atoms with van der Waals surface area (Å²) in [5, 5.41) is 7.94. The summed E-state index contributed by atoms with van der Waals surface area (Å²) >= 11 is 1.77. The second-order valence-corrected chi connectivity index (χ2v) is 5.96. The number of rotatable bonds is 6. The van der Waals surface area contributed by atoms with Gasteiger partial charge < -0.3 is 10.2 Å². The third kappa shape index (κ3) is 4.37. The highest BCUT2D eigenvalue weighted by Crippen LogP contribution is 2.13. The van der Waals surface area contributed by atoms with Crippen molar-refractivity contribution >= 4 is 17.0 Å². The van der Waals surface area contributed by atoms with Gasteiger partial charge >= 0.3 is 0 Å². The molecule has 0 radical (unpaired) electrons. The van der Waals surface area contributed by atoms with Crippen molar-refractivity contribution in [3.05, 3.63) is 52.2 Å². The molecular formula is C16H22N2S. The molecule has 0 amide bonds. The first-order valence-electron chi connectivity index (χ1n) is 6.66. The standard InChI is InChI=1S/C16H22N2S/c1-13(10-15-8-9-19-12-15)17-11-14-4-6-16(7-5-14)18(2)3/h4-9,12-13,17H,10-11H2,1-3H3. The number of hydrogen-bond donors (Lipinski definition) is 1. The van der Waals surface area contributed by atoms with Gasteiger partial charge in [-0.25, -0.2) is 0 Å². The highest BCUT2D eigenvalue weighted by molar-refractivity contribution is 7.07. The SMILES string of the molecule is CC(Cc1ccsc1)NCc1ccc(N(C)C)cc1. The molecule has 1 heterocycles. The van der Waals surface area contributed by atoms with Crippen LogP contribution in [0.15, 0.2) is 41.1 Å². The molecule has 1 unspecified atom stereocenters. The fourth-order valence-electron chi connectivity index (χ4n) is 2.04. The lowest BCUT2D eigenvalue weighted by atomic mass is 10.1. The maximum Gasteiger partial charge on any atom is 0.0361 e. The normalized spacial score (nSPS) is 12.4. The first-order valence-corrected chi connectivity index (χ1v) is 7.60. The Morgan fingerprint density at radius 2 is 1.84 bits per heavy atom. The van der Waals surface area contributed by atoms with Gasteiger partial charge in [-0.05, 0) is 53.4 Å². The van der Waals surface area contributed by atoms with Crippen LogP contribution >= 0.6 is 11.3 Å². The Morgan fingerprint density at radius 1 is 1.11 bits per heavy atom. The van der Waals surface area contributed by atoms with Crippen LogP contribution in [0.3, 0.4) is 0 Å². The molecule has 3 heteroatoms. The van der Waals surface area contributed by atoms with Gasteiger partial charge in [-0.1, -0.05) is 12.1 Å². The molecule has 0 aliphatic rings. The number of thiophene rings is 1. The van der Waals surface area contributed by atoms with E-state index in [1.807, 2.05) is 0 Å². The van der Waals surface area contributed by atoms with Crippen LogP contribution in [0.2, 0.25) is 0 Å². The van der Waals surface area contributed by atoms with Gasteiger partial charge in [0.2, 0.25) is 0 Å². The van der Waals surface area contributed by atoms with Crippen LogP contribution in [0.5, 0.6) is 0 Å². The molecule has 2 aromatic rings. The third-order valence-corrected chi connectivity index (χ3v) is 3.96. The van der Waals surface area contributed by atoms with E-state index >= 15 is 0 Å². The molecule has 0 saturated heterocycles. The summed E-state index contributed by atoms with van der Waals surface area (Å²) < 4.78 is 0. The molecule has 2 rings (SSSR count). The summed E-state index contributed by atoms with van der Waals surface area (Å²) in [6, 6.07) is 11.4. The smallest absolute Gasteiger partial charge is 0.0361 e. The minimum absolute atomic E-state index is 0.503. The Balaban J connectivity index is 1.81. The van der Waals surface area contributed by atoms with E-state index in [2.05, 4.69) is 72.3 Å². The van der Waals surface area contributed by atoms with E-state index in [1.165, 1.54) is 16.8 Å². The molecule has 0 aliphatic heterocycles. The van der Waals surface area contributed by atoms with E-state index in [0.717, 1.165) is 13.0 Å².